The molecule has 8 nitrogen and oxygen atoms in total. The van der Waals surface area contributed by atoms with Gasteiger partial charge >= 0.3 is 7.82 Å². The van der Waals surface area contributed by atoms with Gasteiger partial charge in [-0.3, -0.25) is 13.8 Å². The van der Waals surface area contributed by atoms with Crippen LogP contribution in [0, 0.1) is 0 Å². The first-order valence-corrected chi connectivity index (χ1v) is 21.1. The number of amides is 1. The quantitative estimate of drug-likeness (QED) is 0.0265. The molecule has 0 saturated carbocycles. The number of phosphoric acid groups is 1. The molecule has 3 unspecified atom stereocenters. The van der Waals surface area contributed by atoms with Crippen molar-refractivity contribution in [2.24, 2.45) is 0 Å². The lowest BCUT2D eigenvalue weighted by atomic mass is 10.0. The number of aliphatic hydroxyl groups is 1. The lowest BCUT2D eigenvalue weighted by Gasteiger charge is -2.25. The topological polar surface area (TPSA) is 105 Å². The van der Waals surface area contributed by atoms with Crippen molar-refractivity contribution in [1.29, 1.82) is 0 Å². The zero-order chi connectivity index (χ0) is 35.1. The van der Waals surface area contributed by atoms with Crippen LogP contribution in [0.25, 0.3) is 0 Å². The summed E-state index contributed by atoms with van der Waals surface area (Å²) in [6, 6.07) is -0.835. The Balaban J connectivity index is 4.07. The van der Waals surface area contributed by atoms with E-state index in [1.165, 1.54) is 116 Å². The van der Waals surface area contributed by atoms with Gasteiger partial charge in [0.15, 0.2) is 0 Å². The highest BCUT2D eigenvalue weighted by molar-refractivity contribution is 7.47. The number of rotatable bonds is 35. The van der Waals surface area contributed by atoms with Crippen molar-refractivity contribution in [3.63, 3.8) is 0 Å². The molecule has 9 heteroatoms. The summed E-state index contributed by atoms with van der Waals surface area (Å²) in [4.78, 5) is 22.5. The van der Waals surface area contributed by atoms with Crippen molar-refractivity contribution in [2.75, 3.05) is 40.9 Å². The Morgan fingerprint density at radius 1 is 0.702 bits per heavy atom. The van der Waals surface area contributed by atoms with E-state index in [0.717, 1.165) is 38.5 Å². The Labute approximate surface area is 291 Å². The maximum atomic E-state index is 12.4. The normalized spacial score (nSPS) is 14.8. The molecule has 0 saturated heterocycles. The molecule has 0 radical (unpaired) electrons. The number of nitrogens with zero attached hydrogens (tertiary/aromatic N) is 1. The van der Waals surface area contributed by atoms with E-state index >= 15 is 0 Å². The van der Waals surface area contributed by atoms with Gasteiger partial charge in [0.1, 0.15) is 13.2 Å². The molecule has 1 amide bonds. The maximum Gasteiger partial charge on any atom is 0.472 e. The van der Waals surface area contributed by atoms with Crippen LogP contribution in [0.15, 0.2) is 12.2 Å². The predicted octanol–water partition coefficient (Wildman–Crippen LogP) is 10.0. The minimum atomic E-state index is -4.31. The molecule has 0 heterocycles. The minimum Gasteiger partial charge on any atom is -0.387 e. The van der Waals surface area contributed by atoms with Gasteiger partial charge in [0.25, 0.3) is 0 Å². The number of quaternary nitrogens is 1. The fourth-order valence-corrected chi connectivity index (χ4v) is 6.31. The first-order chi connectivity index (χ1) is 22.5. The van der Waals surface area contributed by atoms with Crippen molar-refractivity contribution in [3.8, 4) is 0 Å². The summed E-state index contributed by atoms with van der Waals surface area (Å²) in [6.07, 6.45) is 33.6. The molecule has 0 bridgehead atoms. The number of hydrogen-bond acceptors (Lipinski definition) is 5. The fourth-order valence-electron chi connectivity index (χ4n) is 5.57. The van der Waals surface area contributed by atoms with Crippen LogP contribution in [0.3, 0.4) is 0 Å². The van der Waals surface area contributed by atoms with Gasteiger partial charge in [0, 0.05) is 6.42 Å². The SMILES string of the molecule is CCCCCCCCCCCCCCCCCCCCCC/C=C/C(O)C(COP(=O)(O)OCC[N+](C)(C)C)NC(=O)CCCCC. The molecule has 0 spiro atoms. The van der Waals surface area contributed by atoms with E-state index in [9.17, 15) is 19.4 Å². The molecule has 47 heavy (non-hydrogen) atoms. The second kappa shape index (κ2) is 31.2. The highest BCUT2D eigenvalue weighted by Gasteiger charge is 2.27. The number of carbonyl (C=O) groups is 1. The van der Waals surface area contributed by atoms with Crippen LogP contribution in [-0.4, -0.2) is 73.4 Å². The number of phosphoric ester groups is 1. The zero-order valence-electron chi connectivity index (χ0n) is 31.5. The number of carbonyl (C=O) groups excluding carboxylic acids is 1. The summed E-state index contributed by atoms with van der Waals surface area (Å²) in [5.74, 6) is -0.202. The van der Waals surface area contributed by atoms with Crippen LogP contribution in [0.1, 0.15) is 174 Å². The summed E-state index contributed by atoms with van der Waals surface area (Å²) in [5, 5.41) is 13.6. The summed E-state index contributed by atoms with van der Waals surface area (Å²) < 4.78 is 23.2. The molecule has 0 fully saturated rings. The average molecular weight is 690 g/mol. The number of aliphatic hydroxyl groups excluding tert-OH is 1. The summed E-state index contributed by atoms with van der Waals surface area (Å²) in [7, 11) is 1.57. The van der Waals surface area contributed by atoms with E-state index in [0.29, 0.717) is 17.4 Å². The lowest BCUT2D eigenvalue weighted by molar-refractivity contribution is -0.870. The number of likely N-dealkylation sites (N-methyl/N-ethyl adjacent to an activating group) is 1. The van der Waals surface area contributed by atoms with Crippen LogP contribution in [0.5, 0.6) is 0 Å². The Hall–Kier alpha value is -0.760. The van der Waals surface area contributed by atoms with Gasteiger partial charge in [-0.25, -0.2) is 4.57 Å². The number of allylic oxidation sites excluding steroid dienone is 1. The Bertz CT molecular complexity index is 789. The smallest absolute Gasteiger partial charge is 0.387 e. The Morgan fingerprint density at radius 2 is 1.13 bits per heavy atom. The molecule has 0 aliphatic rings. The van der Waals surface area contributed by atoms with Crippen molar-refractivity contribution in [1.82, 2.24) is 5.32 Å². The van der Waals surface area contributed by atoms with E-state index in [-0.39, 0.29) is 19.1 Å². The van der Waals surface area contributed by atoms with Crippen LogP contribution in [0.2, 0.25) is 0 Å². The molecule has 3 atom stereocenters. The third kappa shape index (κ3) is 33.5. The van der Waals surface area contributed by atoms with E-state index in [4.69, 9.17) is 9.05 Å². The summed E-state index contributed by atoms with van der Waals surface area (Å²) in [6.45, 7) is 4.64. The molecule has 0 aromatic heterocycles. The van der Waals surface area contributed by atoms with Gasteiger partial charge in [-0.15, -0.1) is 0 Å². The largest absolute Gasteiger partial charge is 0.472 e. The highest BCUT2D eigenvalue weighted by atomic mass is 31.2. The molecule has 0 aliphatic heterocycles. The van der Waals surface area contributed by atoms with Gasteiger partial charge in [-0.1, -0.05) is 161 Å². The third-order valence-electron chi connectivity index (χ3n) is 8.76. The van der Waals surface area contributed by atoms with Crippen molar-refractivity contribution in [2.45, 2.75) is 187 Å². The van der Waals surface area contributed by atoms with Gasteiger partial charge in [-0.2, -0.15) is 0 Å². The number of unbranched alkanes of at least 4 members (excludes halogenated alkanes) is 22. The van der Waals surface area contributed by atoms with Crippen molar-refractivity contribution >= 4 is 13.7 Å². The second-order valence-electron chi connectivity index (χ2n) is 14.7. The molecular formula is C38H78N2O6P+. The molecule has 0 aliphatic carbocycles. The Kier molecular flexibility index (Phi) is 30.7. The van der Waals surface area contributed by atoms with E-state index in [1.807, 2.05) is 27.2 Å². The number of hydrogen-bond donors (Lipinski definition) is 3. The first-order valence-electron chi connectivity index (χ1n) is 19.6. The van der Waals surface area contributed by atoms with Crippen LogP contribution < -0.4 is 5.32 Å². The number of nitrogens with one attached hydrogen (secondary N) is 1. The van der Waals surface area contributed by atoms with Crippen LogP contribution >= 0.6 is 7.82 Å². The molecule has 0 aromatic rings. The standard InChI is InChI=1S/C38H77N2O6P/c1-6-8-10-11-12-13-14-15-16-17-18-19-20-21-22-23-24-25-26-27-28-30-31-37(41)36(39-38(42)32-29-9-7-2)35-46-47(43,44)45-34-33-40(3,4)5/h30-31,36-37,41H,6-29,32-35H2,1-5H3,(H-,39,42,43,44)/p+1/b31-30+. The summed E-state index contributed by atoms with van der Waals surface area (Å²) >= 11 is 0. The third-order valence-corrected chi connectivity index (χ3v) is 9.74. The Morgan fingerprint density at radius 3 is 1.57 bits per heavy atom. The van der Waals surface area contributed by atoms with Gasteiger partial charge in [0.05, 0.1) is 39.9 Å². The second-order valence-corrected chi connectivity index (χ2v) is 16.1. The monoisotopic (exact) mass is 690 g/mol. The zero-order valence-corrected chi connectivity index (χ0v) is 32.4. The maximum absolute atomic E-state index is 12.4. The van der Waals surface area contributed by atoms with E-state index in [2.05, 4.69) is 19.2 Å². The van der Waals surface area contributed by atoms with E-state index < -0.39 is 20.0 Å². The van der Waals surface area contributed by atoms with Gasteiger partial charge < -0.3 is 19.8 Å². The van der Waals surface area contributed by atoms with Gasteiger partial charge in [-0.05, 0) is 19.3 Å². The first kappa shape index (κ1) is 46.2. The van der Waals surface area contributed by atoms with E-state index in [1.54, 1.807) is 6.08 Å². The minimum absolute atomic E-state index is 0.0628. The molecule has 0 aromatic carbocycles. The molecule has 0 rings (SSSR count). The lowest BCUT2D eigenvalue weighted by Crippen LogP contribution is -2.45. The predicted molar refractivity (Wildman–Crippen MR) is 198 cm³/mol. The van der Waals surface area contributed by atoms with Crippen molar-refractivity contribution in [3.05, 3.63) is 12.2 Å². The van der Waals surface area contributed by atoms with Crippen LogP contribution in [0.4, 0.5) is 0 Å². The molecule has 3 N–H and O–H groups in total. The molecule has 280 valence electrons. The summed E-state index contributed by atoms with van der Waals surface area (Å²) in [5.41, 5.74) is 0. The fraction of sp³-hybridized carbons (Fsp3) is 0.921. The van der Waals surface area contributed by atoms with Crippen molar-refractivity contribution < 1.29 is 32.9 Å². The highest BCUT2D eigenvalue weighted by Crippen LogP contribution is 2.43. The average Bonchev–Trinajstić information content (AvgIpc) is 3.01. The van der Waals surface area contributed by atoms with Gasteiger partial charge in [0.2, 0.25) is 5.91 Å². The molecular weight excluding hydrogens is 611 g/mol. The van der Waals surface area contributed by atoms with Crippen LogP contribution in [-0.2, 0) is 18.4 Å².